The molecule has 0 aliphatic heterocycles. The van der Waals surface area contributed by atoms with E-state index in [1.807, 2.05) is 0 Å². The number of carbonyl (C=O) groups excluding carboxylic acids is 1. The minimum Gasteiger partial charge on any atom is -0.369 e. The molecule has 0 aromatic carbocycles. The van der Waals surface area contributed by atoms with Crippen molar-refractivity contribution >= 4 is 5.91 Å². The van der Waals surface area contributed by atoms with Crippen molar-refractivity contribution in [1.82, 2.24) is 0 Å². The van der Waals surface area contributed by atoms with Gasteiger partial charge in [-0.15, -0.1) is 0 Å². The molecule has 2 fully saturated rings. The number of primary amides is 1. The van der Waals surface area contributed by atoms with Gasteiger partial charge in [-0.1, -0.05) is 19.1 Å². The molecule has 64 valence electrons. The molecule has 3 aliphatic carbocycles. The van der Waals surface area contributed by atoms with Gasteiger partial charge in [0.15, 0.2) is 0 Å². The van der Waals surface area contributed by atoms with Crippen LogP contribution in [0.2, 0.25) is 0 Å². The average Bonchev–Trinajstić information content (AvgIpc) is 2.50. The molecule has 6 atom stereocenters. The Morgan fingerprint density at radius 2 is 1.92 bits per heavy atom. The van der Waals surface area contributed by atoms with E-state index in [0.29, 0.717) is 11.8 Å². The standard InChI is InChI=1S/C10H13NO/c1-4-7-5-2-3-6(9(5)7)8(4)10(11)12/h2-9H,1H3,(H2,11,12). The Labute approximate surface area is 71.8 Å². The Kier molecular flexibility index (Phi) is 0.980. The zero-order valence-electron chi connectivity index (χ0n) is 7.10. The highest BCUT2D eigenvalue weighted by Crippen LogP contribution is 2.69. The fourth-order valence-corrected chi connectivity index (χ4v) is 3.64. The third kappa shape index (κ3) is 0.530. The topological polar surface area (TPSA) is 43.1 Å². The molecule has 6 unspecified atom stereocenters. The summed E-state index contributed by atoms with van der Waals surface area (Å²) in [6, 6.07) is 0. The highest BCUT2D eigenvalue weighted by molar-refractivity contribution is 5.79. The monoisotopic (exact) mass is 163 g/mol. The van der Waals surface area contributed by atoms with E-state index in [1.54, 1.807) is 0 Å². The van der Waals surface area contributed by atoms with Gasteiger partial charge in [-0.3, -0.25) is 4.79 Å². The normalized spacial score (nSPS) is 58.8. The summed E-state index contributed by atoms with van der Waals surface area (Å²) in [6.45, 7) is 2.18. The molecular formula is C10H13NO. The van der Waals surface area contributed by atoms with Gasteiger partial charge in [-0.05, 0) is 29.6 Å². The first-order valence-electron chi connectivity index (χ1n) is 4.69. The first-order chi connectivity index (χ1) is 5.72. The summed E-state index contributed by atoms with van der Waals surface area (Å²) < 4.78 is 0. The van der Waals surface area contributed by atoms with Crippen LogP contribution in [0, 0.1) is 35.5 Å². The van der Waals surface area contributed by atoms with Gasteiger partial charge < -0.3 is 5.73 Å². The van der Waals surface area contributed by atoms with Crippen LogP contribution in [0.5, 0.6) is 0 Å². The van der Waals surface area contributed by atoms with E-state index < -0.39 is 0 Å². The van der Waals surface area contributed by atoms with E-state index in [4.69, 9.17) is 5.73 Å². The molecule has 0 saturated heterocycles. The first kappa shape index (κ1) is 6.70. The van der Waals surface area contributed by atoms with Gasteiger partial charge in [0, 0.05) is 5.92 Å². The van der Waals surface area contributed by atoms with Crippen molar-refractivity contribution in [3.05, 3.63) is 12.2 Å². The summed E-state index contributed by atoms with van der Waals surface area (Å²) in [5, 5.41) is 0. The first-order valence-corrected chi connectivity index (χ1v) is 4.69. The molecule has 0 aromatic rings. The third-order valence-electron chi connectivity index (χ3n) is 4.11. The highest BCUT2D eigenvalue weighted by atomic mass is 16.1. The van der Waals surface area contributed by atoms with Crippen molar-refractivity contribution in [2.24, 2.45) is 41.2 Å². The lowest BCUT2D eigenvalue weighted by molar-refractivity contribution is -0.124. The summed E-state index contributed by atoms with van der Waals surface area (Å²) in [5.41, 5.74) is 5.38. The number of rotatable bonds is 1. The number of nitrogens with two attached hydrogens (primary N) is 1. The van der Waals surface area contributed by atoms with E-state index in [-0.39, 0.29) is 11.8 Å². The molecule has 2 heteroatoms. The van der Waals surface area contributed by atoms with E-state index >= 15 is 0 Å². The minimum atomic E-state index is -0.0926. The maximum absolute atomic E-state index is 11.2. The quantitative estimate of drug-likeness (QED) is 0.570. The van der Waals surface area contributed by atoms with Gasteiger partial charge in [0.25, 0.3) is 0 Å². The van der Waals surface area contributed by atoms with Crippen LogP contribution >= 0.6 is 0 Å². The predicted octanol–water partition coefficient (Wildman–Crippen LogP) is 0.786. The molecule has 2 N–H and O–H groups in total. The largest absolute Gasteiger partial charge is 0.369 e. The van der Waals surface area contributed by atoms with Crippen LogP contribution < -0.4 is 5.73 Å². The van der Waals surface area contributed by atoms with Gasteiger partial charge in [0.1, 0.15) is 0 Å². The minimum absolute atomic E-state index is 0.0926. The maximum Gasteiger partial charge on any atom is 0.221 e. The van der Waals surface area contributed by atoms with E-state index in [9.17, 15) is 4.79 Å². The second-order valence-electron chi connectivity index (χ2n) is 4.48. The maximum atomic E-state index is 11.2. The molecule has 0 heterocycles. The molecule has 12 heavy (non-hydrogen) atoms. The Hall–Kier alpha value is -0.790. The summed E-state index contributed by atoms with van der Waals surface area (Å²) >= 11 is 0. The van der Waals surface area contributed by atoms with Gasteiger partial charge in [0.2, 0.25) is 5.91 Å². The van der Waals surface area contributed by atoms with Crippen molar-refractivity contribution in [2.45, 2.75) is 6.92 Å². The number of fused-ring (bicyclic) bond motifs is 1. The van der Waals surface area contributed by atoms with Crippen molar-refractivity contribution in [1.29, 1.82) is 0 Å². The zero-order chi connectivity index (χ0) is 8.46. The molecule has 2 nitrogen and oxygen atoms in total. The van der Waals surface area contributed by atoms with Crippen molar-refractivity contribution in [3.8, 4) is 0 Å². The summed E-state index contributed by atoms with van der Waals surface area (Å²) in [5.74, 6) is 3.44. The van der Waals surface area contributed by atoms with Crippen molar-refractivity contribution < 1.29 is 4.79 Å². The van der Waals surface area contributed by atoms with Gasteiger partial charge in [-0.2, -0.15) is 0 Å². The van der Waals surface area contributed by atoms with Crippen LogP contribution in [0.3, 0.4) is 0 Å². The number of carbonyl (C=O) groups is 1. The molecule has 3 rings (SSSR count). The molecular weight excluding hydrogens is 150 g/mol. The molecule has 0 spiro atoms. The van der Waals surface area contributed by atoms with Gasteiger partial charge in [0.05, 0.1) is 0 Å². The fourth-order valence-electron chi connectivity index (χ4n) is 3.64. The van der Waals surface area contributed by atoms with Crippen LogP contribution in [0.1, 0.15) is 6.92 Å². The van der Waals surface area contributed by atoms with E-state index in [2.05, 4.69) is 19.1 Å². The van der Waals surface area contributed by atoms with Crippen LogP contribution in [0.15, 0.2) is 12.2 Å². The molecule has 2 saturated carbocycles. The Balaban J connectivity index is 1.97. The molecule has 0 aromatic heterocycles. The molecule has 0 bridgehead atoms. The summed E-state index contributed by atoms with van der Waals surface area (Å²) in [6.07, 6.45) is 4.50. The highest BCUT2D eigenvalue weighted by Gasteiger charge is 2.67. The lowest BCUT2D eigenvalue weighted by Gasteiger charge is -2.18. The Bertz CT molecular complexity index is 284. The predicted molar refractivity (Wildman–Crippen MR) is 44.9 cm³/mol. The number of hydrogen-bond donors (Lipinski definition) is 1. The van der Waals surface area contributed by atoms with Crippen LogP contribution in [-0.4, -0.2) is 5.91 Å². The lowest BCUT2D eigenvalue weighted by atomic mass is 9.86. The van der Waals surface area contributed by atoms with Crippen molar-refractivity contribution in [2.75, 3.05) is 0 Å². The van der Waals surface area contributed by atoms with Crippen LogP contribution in [0.4, 0.5) is 0 Å². The molecule has 3 aliphatic rings. The second kappa shape index (κ2) is 1.76. The van der Waals surface area contributed by atoms with Crippen molar-refractivity contribution in [3.63, 3.8) is 0 Å². The molecule has 1 amide bonds. The Morgan fingerprint density at radius 1 is 1.25 bits per heavy atom. The average molecular weight is 163 g/mol. The zero-order valence-corrected chi connectivity index (χ0v) is 7.10. The Morgan fingerprint density at radius 3 is 2.50 bits per heavy atom. The summed E-state index contributed by atoms with van der Waals surface area (Å²) in [7, 11) is 0. The van der Waals surface area contributed by atoms with Crippen LogP contribution in [-0.2, 0) is 4.79 Å². The number of allylic oxidation sites excluding steroid dienone is 2. The van der Waals surface area contributed by atoms with E-state index in [0.717, 1.165) is 17.8 Å². The van der Waals surface area contributed by atoms with Crippen LogP contribution in [0.25, 0.3) is 0 Å². The third-order valence-corrected chi connectivity index (χ3v) is 4.11. The van der Waals surface area contributed by atoms with Gasteiger partial charge >= 0.3 is 0 Å². The molecule has 0 radical (unpaired) electrons. The number of hydrogen-bond acceptors (Lipinski definition) is 1. The van der Waals surface area contributed by atoms with Gasteiger partial charge in [-0.25, -0.2) is 0 Å². The number of amides is 1. The van der Waals surface area contributed by atoms with E-state index in [1.165, 1.54) is 0 Å². The lowest BCUT2D eigenvalue weighted by Crippen LogP contribution is -2.31. The SMILES string of the molecule is CC1C(C(N)=O)C2C=CC3C1C23. The smallest absolute Gasteiger partial charge is 0.221 e. The summed E-state index contributed by atoms with van der Waals surface area (Å²) in [4.78, 5) is 11.2. The second-order valence-corrected chi connectivity index (χ2v) is 4.48. The fraction of sp³-hybridized carbons (Fsp3) is 0.700.